The number of hydrogen-bond acceptors (Lipinski definition) is 3. The molecule has 0 spiro atoms. The monoisotopic (exact) mass is 371 g/mol. The fourth-order valence-electron chi connectivity index (χ4n) is 2.24. The summed E-state index contributed by atoms with van der Waals surface area (Å²) in [7, 11) is 0. The first-order valence-corrected chi connectivity index (χ1v) is 7.71. The van der Waals surface area contributed by atoms with E-state index in [1.165, 1.54) is 36.7 Å². The number of carbonyl (C=O) groups is 2. The van der Waals surface area contributed by atoms with Crippen molar-refractivity contribution in [1.82, 2.24) is 4.98 Å². The van der Waals surface area contributed by atoms with Crippen molar-refractivity contribution in [2.24, 2.45) is 0 Å². The third-order valence-electron chi connectivity index (χ3n) is 3.52. The molecule has 0 unspecified atom stereocenters. The smallest absolute Gasteiger partial charge is 0.257 e. The zero-order valence-corrected chi connectivity index (χ0v) is 13.7. The van der Waals surface area contributed by atoms with Crippen molar-refractivity contribution < 1.29 is 22.8 Å². The lowest BCUT2D eigenvalue weighted by atomic mass is 10.1. The summed E-state index contributed by atoms with van der Waals surface area (Å²) in [5.41, 5.74) is 0.0661. The van der Waals surface area contributed by atoms with Crippen LogP contribution in [0.15, 0.2) is 60.9 Å². The van der Waals surface area contributed by atoms with Crippen LogP contribution in [0, 0.1) is 17.5 Å². The maximum absolute atomic E-state index is 13.6. The average molecular weight is 371 g/mol. The molecule has 0 saturated heterocycles. The van der Waals surface area contributed by atoms with Crippen molar-refractivity contribution >= 4 is 23.2 Å². The number of hydrogen-bond donors (Lipinski definition) is 2. The number of nitrogens with zero attached hydrogens (tertiary/aromatic N) is 1. The summed E-state index contributed by atoms with van der Waals surface area (Å²) >= 11 is 0. The molecule has 27 heavy (non-hydrogen) atoms. The molecule has 2 amide bonds. The zero-order valence-electron chi connectivity index (χ0n) is 13.7. The van der Waals surface area contributed by atoms with E-state index >= 15 is 0 Å². The molecule has 2 aromatic carbocycles. The third-order valence-corrected chi connectivity index (χ3v) is 3.52. The van der Waals surface area contributed by atoms with E-state index in [0.29, 0.717) is 6.07 Å². The Morgan fingerprint density at radius 2 is 1.44 bits per heavy atom. The summed E-state index contributed by atoms with van der Waals surface area (Å²) in [5, 5.41) is 4.75. The van der Waals surface area contributed by atoms with Crippen molar-refractivity contribution in [1.29, 1.82) is 0 Å². The standard InChI is InChI=1S/C19H12F3N3O2/c20-13-2-1-3-15(7-13)24-18(26)11-6-12(10-23-9-11)19(27)25-17-5-4-14(21)8-16(17)22/h1-10H,(H,24,26)(H,25,27). The normalized spacial score (nSPS) is 10.3. The van der Waals surface area contributed by atoms with Gasteiger partial charge in [-0.15, -0.1) is 0 Å². The SMILES string of the molecule is O=C(Nc1cccc(F)c1)c1cncc(C(=O)Nc2ccc(F)cc2F)c1. The quantitative estimate of drug-likeness (QED) is 0.728. The largest absolute Gasteiger partial charge is 0.322 e. The Labute approximate surface area is 151 Å². The van der Waals surface area contributed by atoms with Gasteiger partial charge in [0.15, 0.2) is 0 Å². The van der Waals surface area contributed by atoms with Crippen LogP contribution in [0.5, 0.6) is 0 Å². The third kappa shape index (κ3) is 4.49. The number of rotatable bonds is 4. The Balaban J connectivity index is 1.76. The van der Waals surface area contributed by atoms with Gasteiger partial charge in [-0.1, -0.05) is 6.07 Å². The van der Waals surface area contributed by atoms with E-state index in [1.54, 1.807) is 0 Å². The van der Waals surface area contributed by atoms with Crippen LogP contribution in [0.4, 0.5) is 24.5 Å². The van der Waals surface area contributed by atoms with Gasteiger partial charge in [0.05, 0.1) is 16.8 Å². The zero-order chi connectivity index (χ0) is 19.4. The van der Waals surface area contributed by atoms with E-state index in [0.717, 1.165) is 18.2 Å². The summed E-state index contributed by atoms with van der Waals surface area (Å²) in [6, 6.07) is 9.27. The number of pyridine rings is 1. The second-order valence-electron chi connectivity index (χ2n) is 5.51. The van der Waals surface area contributed by atoms with Gasteiger partial charge in [-0.05, 0) is 36.4 Å². The van der Waals surface area contributed by atoms with Crippen LogP contribution in [0.2, 0.25) is 0 Å². The van der Waals surface area contributed by atoms with E-state index in [9.17, 15) is 22.8 Å². The molecule has 0 saturated carbocycles. The second kappa shape index (κ2) is 7.69. The Kier molecular flexibility index (Phi) is 5.16. The molecule has 0 aliphatic heterocycles. The van der Waals surface area contributed by atoms with Gasteiger partial charge in [-0.3, -0.25) is 14.6 Å². The molecule has 1 heterocycles. The first-order valence-electron chi connectivity index (χ1n) is 7.71. The fraction of sp³-hybridized carbons (Fsp3) is 0. The topological polar surface area (TPSA) is 71.1 Å². The van der Waals surface area contributed by atoms with E-state index in [2.05, 4.69) is 15.6 Å². The Morgan fingerprint density at radius 1 is 0.778 bits per heavy atom. The highest BCUT2D eigenvalue weighted by Gasteiger charge is 2.14. The summed E-state index contributed by atoms with van der Waals surface area (Å²) in [4.78, 5) is 28.3. The fourth-order valence-corrected chi connectivity index (χ4v) is 2.24. The van der Waals surface area contributed by atoms with Gasteiger partial charge in [0, 0.05) is 24.1 Å². The van der Waals surface area contributed by atoms with E-state index in [-0.39, 0.29) is 22.5 Å². The van der Waals surface area contributed by atoms with E-state index in [1.807, 2.05) is 0 Å². The second-order valence-corrected chi connectivity index (χ2v) is 5.51. The van der Waals surface area contributed by atoms with Gasteiger partial charge in [0.25, 0.3) is 11.8 Å². The summed E-state index contributed by atoms with van der Waals surface area (Å²) in [6.45, 7) is 0. The van der Waals surface area contributed by atoms with Crippen LogP contribution in [0.25, 0.3) is 0 Å². The Bertz CT molecular complexity index is 1020. The minimum absolute atomic E-state index is 0.00869. The van der Waals surface area contributed by atoms with Crippen molar-refractivity contribution in [2.45, 2.75) is 0 Å². The highest BCUT2D eigenvalue weighted by Crippen LogP contribution is 2.17. The molecule has 0 fully saturated rings. The van der Waals surface area contributed by atoms with Crippen LogP contribution in [0.3, 0.4) is 0 Å². The molecule has 0 aliphatic carbocycles. The molecule has 0 radical (unpaired) electrons. The maximum Gasteiger partial charge on any atom is 0.257 e. The van der Waals surface area contributed by atoms with E-state index < -0.39 is 29.3 Å². The first kappa shape index (κ1) is 18.1. The summed E-state index contributed by atoms with van der Waals surface area (Å²) < 4.78 is 39.8. The number of halogens is 3. The number of nitrogens with one attached hydrogen (secondary N) is 2. The maximum atomic E-state index is 13.6. The predicted molar refractivity (Wildman–Crippen MR) is 92.9 cm³/mol. The molecular weight excluding hydrogens is 359 g/mol. The molecule has 136 valence electrons. The van der Waals surface area contributed by atoms with Crippen molar-refractivity contribution in [3.8, 4) is 0 Å². The van der Waals surface area contributed by atoms with Crippen molar-refractivity contribution in [3.05, 3.63) is 89.5 Å². The van der Waals surface area contributed by atoms with Gasteiger partial charge >= 0.3 is 0 Å². The van der Waals surface area contributed by atoms with Crippen LogP contribution in [0.1, 0.15) is 20.7 Å². The Morgan fingerprint density at radius 3 is 2.11 bits per heavy atom. The minimum Gasteiger partial charge on any atom is -0.322 e. The molecule has 8 heteroatoms. The average Bonchev–Trinajstić information content (AvgIpc) is 2.64. The van der Waals surface area contributed by atoms with Crippen LogP contribution < -0.4 is 10.6 Å². The van der Waals surface area contributed by atoms with Crippen molar-refractivity contribution in [3.63, 3.8) is 0 Å². The molecule has 5 nitrogen and oxygen atoms in total. The number of amides is 2. The van der Waals surface area contributed by atoms with Gasteiger partial charge in [0.2, 0.25) is 0 Å². The van der Waals surface area contributed by atoms with Crippen molar-refractivity contribution in [2.75, 3.05) is 10.6 Å². The molecule has 0 atom stereocenters. The van der Waals surface area contributed by atoms with Crippen LogP contribution in [-0.4, -0.2) is 16.8 Å². The highest BCUT2D eigenvalue weighted by atomic mass is 19.1. The molecule has 1 aromatic heterocycles. The lowest BCUT2D eigenvalue weighted by molar-refractivity contribution is 0.102. The molecule has 0 aliphatic rings. The number of anilines is 2. The number of aromatic nitrogens is 1. The summed E-state index contributed by atoms with van der Waals surface area (Å²) in [5.74, 6) is -3.55. The number of carbonyl (C=O) groups excluding carboxylic acids is 2. The Hall–Kier alpha value is -3.68. The van der Waals surface area contributed by atoms with Gasteiger partial charge in [-0.25, -0.2) is 13.2 Å². The minimum atomic E-state index is -0.934. The van der Waals surface area contributed by atoms with Crippen LogP contribution >= 0.6 is 0 Å². The highest BCUT2D eigenvalue weighted by molar-refractivity contribution is 6.08. The molecule has 3 rings (SSSR count). The van der Waals surface area contributed by atoms with Gasteiger partial charge in [0.1, 0.15) is 17.5 Å². The van der Waals surface area contributed by atoms with Gasteiger partial charge < -0.3 is 10.6 Å². The summed E-state index contributed by atoms with van der Waals surface area (Å²) in [6.07, 6.45) is 2.42. The molecule has 3 aromatic rings. The predicted octanol–water partition coefficient (Wildman–Crippen LogP) is 4.00. The number of benzene rings is 2. The lowest BCUT2D eigenvalue weighted by Gasteiger charge is -2.08. The molecule has 2 N–H and O–H groups in total. The van der Waals surface area contributed by atoms with Gasteiger partial charge in [-0.2, -0.15) is 0 Å². The molecule has 0 bridgehead atoms. The lowest BCUT2D eigenvalue weighted by Crippen LogP contribution is -2.16. The molecular formula is C19H12F3N3O2. The van der Waals surface area contributed by atoms with E-state index in [4.69, 9.17) is 0 Å². The first-order chi connectivity index (χ1) is 12.9. The van der Waals surface area contributed by atoms with Crippen LogP contribution in [-0.2, 0) is 0 Å².